The molecule has 2 fully saturated rings. The lowest BCUT2D eigenvalue weighted by molar-refractivity contribution is -0.127. The molecule has 1 aromatic carbocycles. The number of nitrogens with zero attached hydrogens (tertiary/aromatic N) is 3. The topological polar surface area (TPSA) is 69.2 Å². The number of aliphatic imine (C=N–C) groups is 1. The van der Waals surface area contributed by atoms with Gasteiger partial charge in [-0.3, -0.25) is 9.69 Å². The molecule has 0 saturated carbocycles. The average molecular weight is 430 g/mol. The smallest absolute Gasteiger partial charge is 0.243 e. The van der Waals surface area contributed by atoms with E-state index in [2.05, 4.69) is 50.9 Å². The van der Waals surface area contributed by atoms with Gasteiger partial charge in [0.2, 0.25) is 5.91 Å². The zero-order valence-electron chi connectivity index (χ0n) is 19.3. The van der Waals surface area contributed by atoms with E-state index in [4.69, 9.17) is 4.74 Å². The summed E-state index contributed by atoms with van der Waals surface area (Å²) in [5.74, 6) is 0.751. The number of benzene rings is 1. The number of fused-ring (bicyclic) bond motifs is 2. The predicted molar refractivity (Wildman–Crippen MR) is 125 cm³/mol. The van der Waals surface area contributed by atoms with Gasteiger partial charge in [-0.05, 0) is 44.6 Å². The molecule has 2 aliphatic heterocycles. The van der Waals surface area contributed by atoms with Gasteiger partial charge in [-0.25, -0.2) is 4.99 Å². The van der Waals surface area contributed by atoms with Crippen molar-refractivity contribution < 1.29 is 9.53 Å². The number of hydrogen-bond acceptors (Lipinski definition) is 4. The molecule has 2 saturated heterocycles. The van der Waals surface area contributed by atoms with Crippen LogP contribution in [-0.2, 0) is 16.1 Å². The van der Waals surface area contributed by atoms with Crippen molar-refractivity contribution in [3.05, 3.63) is 35.9 Å². The Morgan fingerprint density at radius 1 is 1.19 bits per heavy atom. The number of nitrogens with one attached hydrogen (secondary N) is 2. The van der Waals surface area contributed by atoms with E-state index in [-0.39, 0.29) is 12.5 Å². The number of ether oxygens (including phenoxy) is 1. The maximum absolute atomic E-state index is 12.0. The summed E-state index contributed by atoms with van der Waals surface area (Å²) in [7, 11) is 3.53. The Labute approximate surface area is 187 Å². The molecule has 3 rings (SSSR count). The van der Waals surface area contributed by atoms with Gasteiger partial charge in [0.15, 0.2) is 5.96 Å². The second kappa shape index (κ2) is 12.1. The zero-order valence-corrected chi connectivity index (χ0v) is 19.3. The lowest BCUT2D eigenvalue weighted by Gasteiger charge is -2.39. The van der Waals surface area contributed by atoms with E-state index in [1.165, 1.54) is 18.4 Å². The molecule has 0 aliphatic carbocycles. The summed E-state index contributed by atoms with van der Waals surface area (Å²) < 4.78 is 5.43. The van der Waals surface area contributed by atoms with E-state index in [1.54, 1.807) is 19.0 Å². The molecule has 0 spiro atoms. The molecule has 2 heterocycles. The molecule has 31 heavy (non-hydrogen) atoms. The fourth-order valence-corrected chi connectivity index (χ4v) is 4.60. The van der Waals surface area contributed by atoms with Crippen LogP contribution in [0.15, 0.2) is 35.3 Å². The third kappa shape index (κ3) is 7.21. The number of likely N-dealkylation sites (N-methyl/N-ethyl adjacent to an activating group) is 1. The van der Waals surface area contributed by atoms with Crippen molar-refractivity contribution in [2.45, 2.75) is 63.7 Å². The Morgan fingerprint density at radius 2 is 1.90 bits per heavy atom. The van der Waals surface area contributed by atoms with Crippen LogP contribution < -0.4 is 10.6 Å². The van der Waals surface area contributed by atoms with Crippen LogP contribution >= 0.6 is 0 Å². The van der Waals surface area contributed by atoms with Gasteiger partial charge in [-0.2, -0.15) is 0 Å². The molecule has 2 bridgehead atoms. The summed E-state index contributed by atoms with van der Waals surface area (Å²) in [6.07, 6.45) is 5.68. The molecule has 2 aliphatic rings. The van der Waals surface area contributed by atoms with E-state index < -0.39 is 0 Å². The summed E-state index contributed by atoms with van der Waals surface area (Å²) in [4.78, 5) is 20.9. The van der Waals surface area contributed by atoms with Crippen LogP contribution in [0.2, 0.25) is 0 Å². The van der Waals surface area contributed by atoms with Gasteiger partial charge in [0.1, 0.15) is 6.54 Å². The summed E-state index contributed by atoms with van der Waals surface area (Å²) in [5, 5.41) is 7.02. The van der Waals surface area contributed by atoms with E-state index in [0.717, 1.165) is 51.5 Å². The van der Waals surface area contributed by atoms with Crippen molar-refractivity contribution >= 4 is 11.9 Å². The van der Waals surface area contributed by atoms with Gasteiger partial charge in [-0.15, -0.1) is 0 Å². The SMILES string of the molecule is CCOCCCNC(=NCC(=O)N(C)C)NC1CC2CCC(C1)N2Cc1ccccc1. The minimum Gasteiger partial charge on any atom is -0.382 e. The van der Waals surface area contributed by atoms with Gasteiger partial charge in [0.05, 0.1) is 0 Å². The van der Waals surface area contributed by atoms with Gasteiger partial charge in [-0.1, -0.05) is 30.3 Å². The molecule has 2 N–H and O–H groups in total. The molecule has 1 aromatic rings. The molecule has 172 valence electrons. The third-order valence-corrected chi connectivity index (χ3v) is 6.27. The van der Waals surface area contributed by atoms with Crippen LogP contribution in [0.1, 0.15) is 44.6 Å². The highest BCUT2D eigenvalue weighted by atomic mass is 16.5. The van der Waals surface area contributed by atoms with Crippen LogP contribution in [0.5, 0.6) is 0 Å². The van der Waals surface area contributed by atoms with Crippen molar-refractivity contribution in [2.24, 2.45) is 4.99 Å². The van der Waals surface area contributed by atoms with Crippen LogP contribution in [0.3, 0.4) is 0 Å². The second-order valence-corrected chi connectivity index (χ2v) is 8.79. The number of rotatable bonds is 10. The fourth-order valence-electron chi connectivity index (χ4n) is 4.60. The molecule has 7 heteroatoms. The molecule has 0 radical (unpaired) electrons. The number of amides is 1. The largest absolute Gasteiger partial charge is 0.382 e. The highest BCUT2D eigenvalue weighted by Gasteiger charge is 2.40. The van der Waals surface area contributed by atoms with E-state index in [1.807, 2.05) is 6.92 Å². The first-order valence-corrected chi connectivity index (χ1v) is 11.7. The van der Waals surface area contributed by atoms with E-state index in [9.17, 15) is 4.79 Å². The fraction of sp³-hybridized carbons (Fsp3) is 0.667. The van der Waals surface area contributed by atoms with Gasteiger partial charge >= 0.3 is 0 Å². The van der Waals surface area contributed by atoms with Crippen molar-refractivity contribution in [1.82, 2.24) is 20.4 Å². The lowest BCUT2D eigenvalue weighted by Crippen LogP contribution is -2.52. The molecular formula is C24H39N5O2. The summed E-state index contributed by atoms with van der Waals surface area (Å²) >= 11 is 0. The summed E-state index contributed by atoms with van der Waals surface area (Å²) in [6.45, 7) is 5.45. The lowest BCUT2D eigenvalue weighted by atomic mass is 9.96. The van der Waals surface area contributed by atoms with Crippen LogP contribution in [0.25, 0.3) is 0 Å². The molecular weight excluding hydrogens is 390 g/mol. The van der Waals surface area contributed by atoms with Crippen molar-refractivity contribution in [1.29, 1.82) is 0 Å². The highest BCUT2D eigenvalue weighted by molar-refractivity contribution is 5.84. The predicted octanol–water partition coefficient (Wildman–Crippen LogP) is 2.23. The molecule has 2 atom stereocenters. The second-order valence-electron chi connectivity index (χ2n) is 8.79. The van der Waals surface area contributed by atoms with E-state index >= 15 is 0 Å². The van der Waals surface area contributed by atoms with Gasteiger partial charge < -0.3 is 20.3 Å². The average Bonchev–Trinajstić information content (AvgIpc) is 2.99. The van der Waals surface area contributed by atoms with Crippen molar-refractivity contribution in [3.8, 4) is 0 Å². The zero-order chi connectivity index (χ0) is 22.1. The Balaban J connectivity index is 1.55. The Morgan fingerprint density at radius 3 is 2.55 bits per heavy atom. The minimum atomic E-state index is 0.00756. The first-order chi connectivity index (χ1) is 15.1. The van der Waals surface area contributed by atoms with E-state index in [0.29, 0.717) is 18.1 Å². The summed E-state index contributed by atoms with van der Waals surface area (Å²) in [6, 6.07) is 12.4. The van der Waals surface area contributed by atoms with Crippen LogP contribution in [-0.4, -0.2) is 80.2 Å². The number of carbonyl (C=O) groups is 1. The molecule has 7 nitrogen and oxygen atoms in total. The number of piperidine rings is 1. The molecule has 1 amide bonds. The van der Waals surface area contributed by atoms with Crippen LogP contribution in [0.4, 0.5) is 0 Å². The highest BCUT2D eigenvalue weighted by Crippen LogP contribution is 2.36. The molecule has 2 unspecified atom stereocenters. The molecule has 0 aromatic heterocycles. The maximum atomic E-state index is 12.0. The van der Waals surface area contributed by atoms with Gasteiger partial charge in [0.25, 0.3) is 0 Å². The Bertz CT molecular complexity index is 695. The maximum Gasteiger partial charge on any atom is 0.243 e. The normalized spacial score (nSPS) is 23.6. The van der Waals surface area contributed by atoms with Crippen molar-refractivity contribution in [3.63, 3.8) is 0 Å². The first-order valence-electron chi connectivity index (χ1n) is 11.7. The standard InChI is InChI=1S/C24H39N5O2/c1-4-31-14-8-13-25-24(26-17-23(30)28(2)3)27-20-15-21-11-12-22(16-20)29(21)18-19-9-6-5-7-10-19/h5-7,9-10,20-22H,4,8,11-18H2,1-3H3,(H2,25,26,27). The first kappa shape index (κ1) is 23.5. The van der Waals surface area contributed by atoms with Gasteiger partial charge in [0, 0.05) is 58.5 Å². The number of hydrogen-bond donors (Lipinski definition) is 2. The quantitative estimate of drug-likeness (QED) is 0.339. The number of carbonyl (C=O) groups excluding carboxylic acids is 1. The third-order valence-electron chi connectivity index (χ3n) is 6.27. The Hall–Kier alpha value is -2.12. The monoisotopic (exact) mass is 429 g/mol. The minimum absolute atomic E-state index is 0.00756. The van der Waals surface area contributed by atoms with Crippen LogP contribution in [0, 0.1) is 0 Å². The Kier molecular flexibility index (Phi) is 9.15. The van der Waals surface area contributed by atoms with Crippen molar-refractivity contribution in [2.75, 3.05) is 40.4 Å². The number of guanidine groups is 1. The summed E-state index contributed by atoms with van der Waals surface area (Å²) in [5.41, 5.74) is 1.39.